The lowest BCUT2D eigenvalue weighted by Crippen LogP contribution is -2.42. The van der Waals surface area contributed by atoms with Crippen molar-refractivity contribution >= 4 is 22.6 Å². The molecule has 3 aromatic rings. The number of nitrogens with zero attached hydrogens (tertiary/aromatic N) is 2. The Morgan fingerprint density at radius 2 is 1.73 bits per heavy atom. The number of fused-ring (bicyclic) bond motifs is 1. The Bertz CT molecular complexity index is 1160. The van der Waals surface area contributed by atoms with Crippen molar-refractivity contribution in [1.29, 1.82) is 0 Å². The second kappa shape index (κ2) is 9.30. The first-order valence-electron chi connectivity index (χ1n) is 9.79. The van der Waals surface area contributed by atoms with E-state index in [9.17, 15) is 18.8 Å². The van der Waals surface area contributed by atoms with Crippen LogP contribution in [-0.2, 0) is 6.54 Å². The van der Waals surface area contributed by atoms with E-state index >= 15 is 0 Å². The maximum atomic E-state index is 13.7. The summed E-state index contributed by atoms with van der Waals surface area (Å²) in [5.41, 5.74) is 4.80. The molecule has 1 heterocycles. The lowest BCUT2D eigenvalue weighted by Gasteiger charge is -2.12. The van der Waals surface area contributed by atoms with Gasteiger partial charge < -0.3 is 0 Å². The summed E-state index contributed by atoms with van der Waals surface area (Å²) in [6.45, 7) is 4.04. The van der Waals surface area contributed by atoms with E-state index < -0.39 is 17.6 Å². The van der Waals surface area contributed by atoms with Gasteiger partial charge in [0, 0.05) is 17.5 Å². The van der Waals surface area contributed by atoms with Crippen molar-refractivity contribution in [3.8, 4) is 0 Å². The zero-order chi connectivity index (χ0) is 21.7. The number of rotatable bonds is 6. The molecule has 0 bridgehead atoms. The maximum absolute atomic E-state index is 13.7. The smallest absolute Gasteiger partial charge is 0.267 e. The van der Waals surface area contributed by atoms with Gasteiger partial charge >= 0.3 is 0 Å². The maximum Gasteiger partial charge on any atom is 0.290 e. The normalized spacial score (nSPS) is 10.8. The van der Waals surface area contributed by atoms with Crippen molar-refractivity contribution in [2.45, 2.75) is 39.7 Å². The highest BCUT2D eigenvalue weighted by Crippen LogP contribution is 2.14. The fourth-order valence-corrected chi connectivity index (χ4v) is 3.04. The number of carbonyl (C=O) groups excluding carboxylic acids is 2. The molecule has 0 aliphatic rings. The molecule has 0 saturated heterocycles. The van der Waals surface area contributed by atoms with Gasteiger partial charge in [0.05, 0.1) is 5.39 Å². The molecule has 0 saturated carbocycles. The summed E-state index contributed by atoms with van der Waals surface area (Å²) < 4.78 is 15.0. The number of hydrogen-bond donors (Lipinski definition) is 2. The number of hydrazine groups is 1. The Labute approximate surface area is 172 Å². The van der Waals surface area contributed by atoms with Crippen LogP contribution in [-0.4, -0.2) is 21.6 Å². The molecule has 0 atom stereocenters. The molecule has 2 aromatic carbocycles. The summed E-state index contributed by atoms with van der Waals surface area (Å²) in [6, 6.07) is 10.7. The number of halogens is 1. The van der Waals surface area contributed by atoms with Crippen molar-refractivity contribution in [2.75, 3.05) is 0 Å². The van der Waals surface area contributed by atoms with Gasteiger partial charge in [0.1, 0.15) is 5.82 Å². The molecule has 0 fully saturated rings. The minimum absolute atomic E-state index is 0.0251. The van der Waals surface area contributed by atoms with Crippen LogP contribution in [0.1, 0.15) is 52.6 Å². The largest absolute Gasteiger partial charge is 0.290 e. The van der Waals surface area contributed by atoms with Gasteiger partial charge in [-0.3, -0.25) is 25.2 Å². The Hall–Kier alpha value is -3.55. The first kappa shape index (κ1) is 21.2. The number of aryl methyl sites for hydroxylation is 2. The summed E-state index contributed by atoms with van der Waals surface area (Å²) in [4.78, 5) is 37.6. The van der Waals surface area contributed by atoms with Gasteiger partial charge in [-0.25, -0.2) is 9.07 Å². The number of unbranched alkanes of at least 4 members (excludes halogenated alkanes) is 2. The van der Waals surface area contributed by atoms with Gasteiger partial charge in [-0.15, -0.1) is 0 Å². The molecular formula is C22H23FN4O3. The van der Waals surface area contributed by atoms with Crippen molar-refractivity contribution in [1.82, 2.24) is 20.6 Å². The van der Waals surface area contributed by atoms with Gasteiger partial charge in [0.2, 0.25) is 0 Å². The number of nitrogens with one attached hydrogen (secondary N) is 2. The van der Waals surface area contributed by atoms with Crippen LogP contribution in [0.15, 0.2) is 47.3 Å². The van der Waals surface area contributed by atoms with Crippen molar-refractivity contribution in [3.63, 3.8) is 0 Å². The molecule has 7 nitrogen and oxygen atoms in total. The average molecular weight is 410 g/mol. The molecule has 0 aliphatic heterocycles. The van der Waals surface area contributed by atoms with E-state index in [-0.39, 0.29) is 16.8 Å². The molecule has 30 heavy (non-hydrogen) atoms. The summed E-state index contributed by atoms with van der Waals surface area (Å²) in [5.74, 6) is -1.85. The average Bonchev–Trinajstić information content (AvgIpc) is 2.75. The third-order valence-corrected chi connectivity index (χ3v) is 4.78. The SMILES string of the molecule is CCCCCn1nc(C(=O)NNC(=O)c2ccc(C)c(F)c2)c2ccccc2c1=O. The number of amides is 2. The number of hydrogen-bond acceptors (Lipinski definition) is 4. The monoisotopic (exact) mass is 410 g/mol. The number of aromatic nitrogens is 2. The van der Waals surface area contributed by atoms with Crippen molar-refractivity contribution in [3.05, 3.63) is 75.5 Å². The minimum atomic E-state index is -0.670. The van der Waals surface area contributed by atoms with Crippen LogP contribution >= 0.6 is 0 Å². The standard InChI is InChI=1S/C22H23FN4O3/c1-3-4-7-12-27-22(30)17-9-6-5-8-16(17)19(26-27)21(29)25-24-20(28)15-11-10-14(2)18(23)13-15/h5-6,8-11,13H,3-4,7,12H2,1-2H3,(H,24,28)(H,25,29). The molecule has 0 unspecified atom stereocenters. The highest BCUT2D eigenvalue weighted by molar-refractivity contribution is 6.06. The molecule has 0 radical (unpaired) electrons. The van der Waals surface area contributed by atoms with E-state index in [0.717, 1.165) is 25.3 Å². The fourth-order valence-electron chi connectivity index (χ4n) is 3.04. The molecular weight excluding hydrogens is 387 g/mol. The Morgan fingerprint density at radius 3 is 2.43 bits per heavy atom. The van der Waals surface area contributed by atoms with Gasteiger partial charge in [0.25, 0.3) is 17.4 Å². The van der Waals surface area contributed by atoms with E-state index in [1.807, 2.05) is 0 Å². The second-order valence-electron chi connectivity index (χ2n) is 7.00. The summed E-state index contributed by atoms with van der Waals surface area (Å²) >= 11 is 0. The Morgan fingerprint density at radius 1 is 1.03 bits per heavy atom. The molecule has 2 N–H and O–H groups in total. The zero-order valence-corrected chi connectivity index (χ0v) is 16.9. The highest BCUT2D eigenvalue weighted by Gasteiger charge is 2.17. The first-order valence-corrected chi connectivity index (χ1v) is 9.79. The topological polar surface area (TPSA) is 93.1 Å². The molecule has 3 rings (SSSR count). The highest BCUT2D eigenvalue weighted by atomic mass is 19.1. The van der Waals surface area contributed by atoms with Crippen LogP contribution in [0, 0.1) is 12.7 Å². The molecule has 0 aliphatic carbocycles. The van der Waals surface area contributed by atoms with Crippen LogP contribution < -0.4 is 16.4 Å². The molecule has 1 aromatic heterocycles. The van der Waals surface area contributed by atoms with E-state index in [1.165, 1.54) is 16.8 Å². The first-order chi connectivity index (χ1) is 14.4. The van der Waals surface area contributed by atoms with E-state index in [0.29, 0.717) is 22.9 Å². The summed E-state index contributed by atoms with van der Waals surface area (Å²) in [5, 5.41) is 5.00. The van der Waals surface area contributed by atoms with E-state index in [4.69, 9.17) is 0 Å². The fraction of sp³-hybridized carbons (Fsp3) is 0.273. The molecule has 2 amide bonds. The third-order valence-electron chi connectivity index (χ3n) is 4.78. The number of carbonyl (C=O) groups is 2. The van der Waals surface area contributed by atoms with Gasteiger partial charge in [0.15, 0.2) is 5.69 Å². The molecule has 0 spiro atoms. The van der Waals surface area contributed by atoms with Crippen molar-refractivity contribution in [2.24, 2.45) is 0 Å². The van der Waals surface area contributed by atoms with Crippen LogP contribution in [0.2, 0.25) is 0 Å². The zero-order valence-electron chi connectivity index (χ0n) is 16.9. The molecule has 8 heteroatoms. The van der Waals surface area contributed by atoms with Crippen molar-refractivity contribution < 1.29 is 14.0 Å². The quantitative estimate of drug-likeness (QED) is 0.482. The van der Waals surface area contributed by atoms with Gasteiger partial charge in [-0.2, -0.15) is 5.10 Å². The van der Waals surface area contributed by atoms with Crippen LogP contribution in [0.3, 0.4) is 0 Å². The van der Waals surface area contributed by atoms with Gasteiger partial charge in [-0.1, -0.05) is 44.0 Å². The van der Waals surface area contributed by atoms with Crippen LogP contribution in [0.25, 0.3) is 10.8 Å². The Kier molecular flexibility index (Phi) is 6.56. The van der Waals surface area contributed by atoms with Gasteiger partial charge in [-0.05, 0) is 37.1 Å². The summed E-state index contributed by atoms with van der Waals surface area (Å²) in [6.07, 6.45) is 2.69. The minimum Gasteiger partial charge on any atom is -0.267 e. The molecule has 156 valence electrons. The van der Waals surface area contributed by atoms with E-state index in [1.54, 1.807) is 31.2 Å². The number of benzene rings is 2. The predicted molar refractivity (Wildman–Crippen MR) is 112 cm³/mol. The lowest BCUT2D eigenvalue weighted by atomic mass is 10.1. The van der Waals surface area contributed by atoms with Crippen LogP contribution in [0.5, 0.6) is 0 Å². The third kappa shape index (κ3) is 4.53. The van der Waals surface area contributed by atoms with E-state index in [2.05, 4.69) is 22.9 Å². The van der Waals surface area contributed by atoms with Crippen LogP contribution in [0.4, 0.5) is 4.39 Å². The summed E-state index contributed by atoms with van der Waals surface area (Å²) in [7, 11) is 0. The Balaban J connectivity index is 1.84. The predicted octanol–water partition coefficient (Wildman–Crippen LogP) is 3.11. The second-order valence-corrected chi connectivity index (χ2v) is 7.00. The lowest BCUT2D eigenvalue weighted by molar-refractivity contribution is 0.0843.